The third-order valence-electron chi connectivity index (χ3n) is 2.50. The number of nitrogens with one attached hydrogen (secondary N) is 1. The molecule has 1 heterocycles. The molecule has 2 rings (SSSR count). The second-order valence-corrected chi connectivity index (χ2v) is 5.29. The highest BCUT2D eigenvalue weighted by Crippen LogP contribution is 2.31. The minimum atomic E-state index is -0.375. The summed E-state index contributed by atoms with van der Waals surface area (Å²) >= 11 is 4.63. The Bertz CT molecular complexity index is 529. The number of hydrazine groups is 1. The summed E-state index contributed by atoms with van der Waals surface area (Å²) < 4.78 is 14.4. The number of hydrogen-bond donors (Lipinski definition) is 2. The molecule has 6 heteroatoms. The maximum absolute atomic E-state index is 14.0. The lowest BCUT2D eigenvalue weighted by molar-refractivity contribution is 0.558. The maximum atomic E-state index is 14.0. The summed E-state index contributed by atoms with van der Waals surface area (Å²) in [5.74, 6) is 5.23. The van der Waals surface area contributed by atoms with Crippen molar-refractivity contribution in [1.82, 2.24) is 10.4 Å². The van der Waals surface area contributed by atoms with Crippen molar-refractivity contribution in [3.05, 3.63) is 50.1 Å². The zero-order valence-corrected chi connectivity index (χ0v) is 11.5. The minimum absolute atomic E-state index is 0.303. The van der Waals surface area contributed by atoms with E-state index in [-0.39, 0.29) is 11.9 Å². The molecule has 0 fully saturated rings. The van der Waals surface area contributed by atoms with Crippen LogP contribution in [0.3, 0.4) is 0 Å². The van der Waals surface area contributed by atoms with Crippen LogP contribution in [0, 0.1) is 12.7 Å². The number of hydrogen-bond acceptors (Lipinski definition) is 4. The third-order valence-corrected chi connectivity index (χ3v) is 4.11. The molecule has 0 aliphatic heterocycles. The van der Waals surface area contributed by atoms with Crippen LogP contribution in [0.15, 0.2) is 28.2 Å². The molecular weight excluding hydrogens is 305 g/mol. The van der Waals surface area contributed by atoms with Crippen LogP contribution in [0.25, 0.3) is 0 Å². The van der Waals surface area contributed by atoms with Gasteiger partial charge >= 0.3 is 0 Å². The largest absolute Gasteiger partial charge is 0.271 e. The van der Waals surface area contributed by atoms with E-state index in [0.29, 0.717) is 10.0 Å². The number of thiazole rings is 1. The van der Waals surface area contributed by atoms with Crippen LogP contribution in [0.1, 0.15) is 22.2 Å². The highest BCUT2D eigenvalue weighted by atomic mass is 79.9. The molecule has 17 heavy (non-hydrogen) atoms. The summed E-state index contributed by atoms with van der Waals surface area (Å²) in [6, 6.07) is 4.78. The van der Waals surface area contributed by atoms with Gasteiger partial charge in [0.1, 0.15) is 5.82 Å². The maximum Gasteiger partial charge on any atom is 0.142 e. The summed E-state index contributed by atoms with van der Waals surface area (Å²) in [6.07, 6.45) is 0. The molecule has 0 spiro atoms. The smallest absolute Gasteiger partial charge is 0.142 e. The Hall–Kier alpha value is -0.820. The first-order valence-electron chi connectivity index (χ1n) is 4.95. The molecule has 1 unspecified atom stereocenters. The molecule has 1 atom stereocenters. The van der Waals surface area contributed by atoms with E-state index in [2.05, 4.69) is 26.3 Å². The fourth-order valence-electron chi connectivity index (χ4n) is 1.64. The van der Waals surface area contributed by atoms with Gasteiger partial charge in [0.15, 0.2) is 0 Å². The van der Waals surface area contributed by atoms with Crippen molar-refractivity contribution in [2.75, 3.05) is 0 Å². The van der Waals surface area contributed by atoms with Crippen LogP contribution in [0.4, 0.5) is 4.39 Å². The number of benzene rings is 1. The first kappa shape index (κ1) is 12.6. The van der Waals surface area contributed by atoms with E-state index in [1.807, 2.05) is 6.92 Å². The summed E-state index contributed by atoms with van der Waals surface area (Å²) in [5.41, 5.74) is 5.73. The van der Waals surface area contributed by atoms with E-state index in [0.717, 1.165) is 10.6 Å². The number of aryl methyl sites for hydroxylation is 1. The van der Waals surface area contributed by atoms with Crippen molar-refractivity contribution in [3.63, 3.8) is 0 Å². The Morgan fingerprint density at radius 2 is 2.29 bits per heavy atom. The van der Waals surface area contributed by atoms with Gasteiger partial charge in [0.05, 0.1) is 26.6 Å². The Morgan fingerprint density at radius 3 is 2.88 bits per heavy atom. The second kappa shape index (κ2) is 5.22. The Labute approximate surface area is 111 Å². The highest BCUT2D eigenvalue weighted by molar-refractivity contribution is 9.10. The lowest BCUT2D eigenvalue weighted by Gasteiger charge is -2.16. The molecule has 3 nitrogen and oxygen atoms in total. The first-order valence-corrected chi connectivity index (χ1v) is 6.62. The first-order chi connectivity index (χ1) is 8.15. The predicted molar refractivity (Wildman–Crippen MR) is 70.1 cm³/mol. The second-order valence-electron chi connectivity index (χ2n) is 3.54. The van der Waals surface area contributed by atoms with Crippen molar-refractivity contribution in [1.29, 1.82) is 0 Å². The van der Waals surface area contributed by atoms with Crippen LogP contribution in [0.2, 0.25) is 0 Å². The molecule has 1 aromatic carbocycles. The van der Waals surface area contributed by atoms with Gasteiger partial charge in [-0.05, 0) is 28.9 Å². The van der Waals surface area contributed by atoms with Gasteiger partial charge in [-0.15, -0.1) is 11.3 Å². The average Bonchev–Trinajstić information content (AvgIpc) is 2.72. The lowest BCUT2D eigenvalue weighted by Crippen LogP contribution is -2.29. The molecule has 90 valence electrons. The molecule has 0 saturated heterocycles. The SMILES string of the molecule is Cc1ncsc1C(NN)c1cccc(Br)c1F. The van der Waals surface area contributed by atoms with Crippen molar-refractivity contribution >= 4 is 27.3 Å². The van der Waals surface area contributed by atoms with E-state index < -0.39 is 0 Å². The van der Waals surface area contributed by atoms with Gasteiger partial charge in [-0.1, -0.05) is 12.1 Å². The van der Waals surface area contributed by atoms with Crippen molar-refractivity contribution < 1.29 is 4.39 Å². The Kier molecular flexibility index (Phi) is 3.88. The van der Waals surface area contributed by atoms with E-state index >= 15 is 0 Å². The molecule has 0 radical (unpaired) electrons. The van der Waals surface area contributed by atoms with E-state index in [1.165, 1.54) is 11.3 Å². The Morgan fingerprint density at radius 1 is 1.53 bits per heavy atom. The van der Waals surface area contributed by atoms with Gasteiger partial charge < -0.3 is 0 Å². The van der Waals surface area contributed by atoms with Gasteiger partial charge in [0.25, 0.3) is 0 Å². The number of halogens is 2. The zero-order valence-electron chi connectivity index (χ0n) is 9.08. The van der Waals surface area contributed by atoms with Gasteiger partial charge in [-0.2, -0.15) is 0 Å². The molecule has 0 aliphatic rings. The average molecular weight is 316 g/mol. The standard InChI is InChI=1S/C11H11BrFN3S/c1-6-11(17-5-15-6)10(16-14)7-3-2-4-8(12)9(7)13/h2-5,10,16H,14H2,1H3. The quantitative estimate of drug-likeness (QED) is 0.676. The van der Waals surface area contributed by atoms with Crippen LogP contribution in [-0.4, -0.2) is 4.98 Å². The highest BCUT2D eigenvalue weighted by Gasteiger charge is 2.21. The molecule has 0 aliphatic carbocycles. The number of aromatic nitrogens is 1. The van der Waals surface area contributed by atoms with Crippen molar-refractivity contribution in [2.24, 2.45) is 5.84 Å². The topological polar surface area (TPSA) is 50.9 Å². The van der Waals surface area contributed by atoms with Crippen LogP contribution >= 0.6 is 27.3 Å². The molecule has 0 saturated carbocycles. The monoisotopic (exact) mass is 315 g/mol. The molecule has 2 aromatic rings. The summed E-state index contributed by atoms with van der Waals surface area (Å²) in [4.78, 5) is 5.07. The third kappa shape index (κ3) is 2.40. The van der Waals surface area contributed by atoms with Crippen LogP contribution < -0.4 is 11.3 Å². The Balaban J connectivity index is 2.50. The van der Waals surface area contributed by atoms with E-state index in [1.54, 1.807) is 23.7 Å². The van der Waals surface area contributed by atoms with E-state index in [9.17, 15) is 4.39 Å². The molecule has 1 aromatic heterocycles. The lowest BCUT2D eigenvalue weighted by atomic mass is 10.0. The summed E-state index contributed by atoms with van der Waals surface area (Å²) in [5, 5.41) is 0. The number of nitrogens with two attached hydrogens (primary N) is 1. The molecule has 0 bridgehead atoms. The fraction of sp³-hybridized carbons (Fsp3) is 0.182. The predicted octanol–water partition coefficient (Wildman–Crippen LogP) is 2.91. The zero-order chi connectivity index (χ0) is 12.4. The van der Waals surface area contributed by atoms with Gasteiger partial charge in [0, 0.05) is 5.56 Å². The number of rotatable bonds is 3. The number of nitrogens with zero attached hydrogens (tertiary/aromatic N) is 1. The minimum Gasteiger partial charge on any atom is -0.271 e. The molecular formula is C11H11BrFN3S. The summed E-state index contributed by atoms with van der Waals surface area (Å²) in [7, 11) is 0. The van der Waals surface area contributed by atoms with Crippen LogP contribution in [-0.2, 0) is 0 Å². The van der Waals surface area contributed by atoms with Gasteiger partial charge in [0.2, 0.25) is 0 Å². The summed E-state index contributed by atoms with van der Waals surface area (Å²) in [6.45, 7) is 1.88. The normalized spacial score (nSPS) is 12.7. The van der Waals surface area contributed by atoms with E-state index in [4.69, 9.17) is 5.84 Å². The van der Waals surface area contributed by atoms with Gasteiger partial charge in [-0.3, -0.25) is 5.84 Å². The fourth-order valence-corrected chi connectivity index (χ4v) is 2.90. The van der Waals surface area contributed by atoms with Crippen molar-refractivity contribution in [3.8, 4) is 0 Å². The molecule has 3 N–H and O–H groups in total. The van der Waals surface area contributed by atoms with Crippen LogP contribution in [0.5, 0.6) is 0 Å². The van der Waals surface area contributed by atoms with Gasteiger partial charge in [-0.25, -0.2) is 14.8 Å². The van der Waals surface area contributed by atoms with Crippen molar-refractivity contribution in [2.45, 2.75) is 13.0 Å². The molecule has 0 amide bonds.